The molecule has 1 atom stereocenters. The van der Waals surface area contributed by atoms with Crippen molar-refractivity contribution in [3.8, 4) is 0 Å². The van der Waals surface area contributed by atoms with Gasteiger partial charge in [0.25, 0.3) is 0 Å². The second-order valence-electron chi connectivity index (χ2n) is 8.33. The van der Waals surface area contributed by atoms with Gasteiger partial charge >= 0.3 is 0 Å². The SMILES string of the molecule is CC(CCCC(C)(C)O)CCN1CCC(n2cc(CCO)nn2)CC1. The van der Waals surface area contributed by atoms with Gasteiger partial charge in [-0.1, -0.05) is 25.0 Å². The third-order valence-corrected chi connectivity index (χ3v) is 5.28. The summed E-state index contributed by atoms with van der Waals surface area (Å²) in [7, 11) is 0. The van der Waals surface area contributed by atoms with E-state index in [0.29, 0.717) is 12.5 Å². The summed E-state index contributed by atoms with van der Waals surface area (Å²) in [4.78, 5) is 2.56. The largest absolute Gasteiger partial charge is 0.396 e. The zero-order valence-corrected chi connectivity index (χ0v) is 16.2. The molecule has 0 saturated carbocycles. The number of aliphatic hydroxyl groups excluding tert-OH is 1. The van der Waals surface area contributed by atoms with Crippen LogP contribution >= 0.6 is 0 Å². The summed E-state index contributed by atoms with van der Waals surface area (Å²) >= 11 is 0. The Morgan fingerprint density at radius 1 is 1.28 bits per heavy atom. The van der Waals surface area contributed by atoms with E-state index in [0.717, 1.165) is 50.4 Å². The summed E-state index contributed by atoms with van der Waals surface area (Å²) in [6.07, 6.45) is 9.25. The third-order valence-electron chi connectivity index (χ3n) is 5.28. The van der Waals surface area contributed by atoms with E-state index in [2.05, 4.69) is 22.1 Å². The van der Waals surface area contributed by atoms with Gasteiger partial charge in [-0.2, -0.15) is 0 Å². The minimum absolute atomic E-state index is 0.130. The summed E-state index contributed by atoms with van der Waals surface area (Å²) < 4.78 is 1.99. The fraction of sp³-hybridized carbons (Fsp3) is 0.895. The highest BCUT2D eigenvalue weighted by Gasteiger charge is 2.22. The molecule has 6 heteroatoms. The van der Waals surface area contributed by atoms with Crippen LogP contribution in [0, 0.1) is 5.92 Å². The van der Waals surface area contributed by atoms with Crippen molar-refractivity contribution in [2.45, 2.75) is 77.4 Å². The Morgan fingerprint density at radius 2 is 2.00 bits per heavy atom. The number of rotatable bonds is 10. The van der Waals surface area contributed by atoms with Gasteiger partial charge in [0.1, 0.15) is 0 Å². The number of nitrogens with zero attached hydrogens (tertiary/aromatic N) is 4. The van der Waals surface area contributed by atoms with Gasteiger partial charge in [-0.25, -0.2) is 4.68 Å². The summed E-state index contributed by atoms with van der Waals surface area (Å²) in [6.45, 7) is 9.66. The third kappa shape index (κ3) is 7.42. The average Bonchev–Trinajstić information content (AvgIpc) is 3.01. The average molecular weight is 353 g/mol. The van der Waals surface area contributed by atoms with E-state index < -0.39 is 5.60 Å². The molecule has 0 aliphatic carbocycles. The first-order valence-electron chi connectivity index (χ1n) is 9.83. The minimum atomic E-state index is -0.528. The molecule has 0 amide bonds. The second-order valence-corrected chi connectivity index (χ2v) is 8.33. The highest BCUT2D eigenvalue weighted by atomic mass is 16.3. The molecule has 1 fully saturated rings. The van der Waals surface area contributed by atoms with E-state index in [1.165, 1.54) is 19.4 Å². The van der Waals surface area contributed by atoms with Gasteiger partial charge in [0.2, 0.25) is 0 Å². The Balaban J connectivity index is 1.63. The lowest BCUT2D eigenvalue weighted by Gasteiger charge is -2.32. The van der Waals surface area contributed by atoms with Crippen LogP contribution < -0.4 is 0 Å². The lowest BCUT2D eigenvalue weighted by Crippen LogP contribution is -2.36. The maximum atomic E-state index is 9.78. The van der Waals surface area contributed by atoms with Crippen LogP contribution in [0.2, 0.25) is 0 Å². The maximum Gasteiger partial charge on any atom is 0.0850 e. The molecule has 0 radical (unpaired) electrons. The molecule has 2 heterocycles. The van der Waals surface area contributed by atoms with E-state index in [4.69, 9.17) is 5.11 Å². The molecule has 1 saturated heterocycles. The highest BCUT2D eigenvalue weighted by molar-refractivity contribution is 4.94. The summed E-state index contributed by atoms with van der Waals surface area (Å²) in [5.41, 5.74) is 0.352. The molecule has 1 aromatic rings. The van der Waals surface area contributed by atoms with Crippen LogP contribution in [0.1, 0.15) is 71.0 Å². The van der Waals surface area contributed by atoms with Crippen molar-refractivity contribution in [3.05, 3.63) is 11.9 Å². The van der Waals surface area contributed by atoms with Crippen LogP contribution in [-0.4, -0.2) is 61.9 Å². The fourth-order valence-electron chi connectivity index (χ4n) is 3.56. The van der Waals surface area contributed by atoms with Crippen molar-refractivity contribution in [1.82, 2.24) is 19.9 Å². The first-order chi connectivity index (χ1) is 11.9. The van der Waals surface area contributed by atoms with Crippen molar-refractivity contribution < 1.29 is 10.2 Å². The molecule has 6 nitrogen and oxygen atoms in total. The van der Waals surface area contributed by atoms with Gasteiger partial charge in [0, 0.05) is 32.3 Å². The van der Waals surface area contributed by atoms with E-state index >= 15 is 0 Å². The Labute approximate surface area is 152 Å². The number of hydrogen-bond donors (Lipinski definition) is 2. The normalized spacial score (nSPS) is 18.6. The van der Waals surface area contributed by atoms with Crippen LogP contribution in [0.4, 0.5) is 0 Å². The molecule has 1 aliphatic rings. The summed E-state index contributed by atoms with van der Waals surface area (Å²) in [5, 5.41) is 27.1. The number of aliphatic hydroxyl groups is 2. The molecule has 1 aromatic heterocycles. The Hall–Kier alpha value is -0.980. The quantitative estimate of drug-likeness (QED) is 0.676. The number of likely N-dealkylation sites (tertiary alicyclic amines) is 1. The Bertz CT molecular complexity index is 490. The molecular formula is C19H36N4O2. The van der Waals surface area contributed by atoms with E-state index in [1.807, 2.05) is 24.7 Å². The number of piperidine rings is 1. The fourth-order valence-corrected chi connectivity index (χ4v) is 3.56. The van der Waals surface area contributed by atoms with Gasteiger partial charge in [-0.15, -0.1) is 5.10 Å². The first-order valence-corrected chi connectivity index (χ1v) is 9.83. The molecule has 25 heavy (non-hydrogen) atoms. The molecule has 0 spiro atoms. The molecule has 144 valence electrons. The van der Waals surface area contributed by atoms with Crippen molar-refractivity contribution in [1.29, 1.82) is 0 Å². The van der Waals surface area contributed by atoms with Crippen LogP contribution in [0.15, 0.2) is 6.20 Å². The molecule has 0 aromatic carbocycles. The van der Waals surface area contributed by atoms with Gasteiger partial charge in [0.15, 0.2) is 0 Å². The van der Waals surface area contributed by atoms with Gasteiger partial charge < -0.3 is 15.1 Å². The highest BCUT2D eigenvalue weighted by Crippen LogP contribution is 2.23. The molecule has 2 rings (SSSR count). The van der Waals surface area contributed by atoms with E-state index in [9.17, 15) is 5.11 Å². The standard InChI is InChI=1S/C19H36N4O2/c1-16(5-4-10-19(2,3)25)6-11-22-12-7-18(8-13-22)23-15-17(9-14-24)20-21-23/h15-16,18,24-25H,4-14H2,1-3H3. The van der Waals surface area contributed by atoms with E-state index in [-0.39, 0.29) is 6.61 Å². The van der Waals surface area contributed by atoms with Crippen molar-refractivity contribution in [2.24, 2.45) is 5.92 Å². The van der Waals surface area contributed by atoms with Crippen molar-refractivity contribution in [2.75, 3.05) is 26.2 Å². The molecule has 2 N–H and O–H groups in total. The van der Waals surface area contributed by atoms with Crippen molar-refractivity contribution >= 4 is 0 Å². The lowest BCUT2D eigenvalue weighted by molar-refractivity contribution is 0.0666. The molecular weight excluding hydrogens is 316 g/mol. The predicted molar refractivity (Wildman–Crippen MR) is 99.5 cm³/mol. The minimum Gasteiger partial charge on any atom is -0.396 e. The van der Waals surface area contributed by atoms with Gasteiger partial charge in [-0.05, 0) is 52.0 Å². The smallest absolute Gasteiger partial charge is 0.0850 e. The first kappa shape index (κ1) is 20.3. The summed E-state index contributed by atoms with van der Waals surface area (Å²) in [5.74, 6) is 0.719. The zero-order chi connectivity index (χ0) is 18.3. The van der Waals surface area contributed by atoms with Gasteiger partial charge in [-0.3, -0.25) is 0 Å². The number of aromatic nitrogens is 3. The van der Waals surface area contributed by atoms with E-state index in [1.54, 1.807) is 0 Å². The van der Waals surface area contributed by atoms with Crippen LogP contribution in [0.25, 0.3) is 0 Å². The Morgan fingerprint density at radius 3 is 2.64 bits per heavy atom. The topological polar surface area (TPSA) is 74.4 Å². The molecule has 1 unspecified atom stereocenters. The van der Waals surface area contributed by atoms with Crippen LogP contribution in [0.5, 0.6) is 0 Å². The summed E-state index contributed by atoms with van der Waals surface area (Å²) in [6, 6.07) is 0.445. The van der Waals surface area contributed by atoms with Crippen LogP contribution in [0.3, 0.4) is 0 Å². The lowest BCUT2D eigenvalue weighted by atomic mass is 9.95. The second kappa shape index (κ2) is 9.64. The zero-order valence-electron chi connectivity index (χ0n) is 16.2. The Kier molecular flexibility index (Phi) is 7.84. The molecule has 1 aliphatic heterocycles. The van der Waals surface area contributed by atoms with Crippen LogP contribution in [-0.2, 0) is 6.42 Å². The monoisotopic (exact) mass is 352 g/mol. The molecule has 0 bridgehead atoms. The predicted octanol–water partition coefficient (Wildman–Crippen LogP) is 2.42. The van der Waals surface area contributed by atoms with Gasteiger partial charge in [0.05, 0.1) is 17.3 Å². The number of hydrogen-bond acceptors (Lipinski definition) is 5. The van der Waals surface area contributed by atoms with Crippen molar-refractivity contribution in [3.63, 3.8) is 0 Å². The maximum absolute atomic E-state index is 9.78.